The van der Waals surface area contributed by atoms with Crippen LogP contribution in [0.4, 0.5) is 28.4 Å². The summed E-state index contributed by atoms with van der Waals surface area (Å²) in [5.74, 6) is -1.18. The highest BCUT2D eigenvalue weighted by molar-refractivity contribution is 7.80. The number of carbonyl (C=O) groups is 2. The minimum atomic E-state index is -3.34. The number of unbranched alkanes of at least 4 members (excludes halogenated alkanes) is 6. The number of ether oxygens (including phenoxy) is 2. The molecule has 2 aliphatic rings. The normalized spacial score (nSPS) is 14.0. The molecule has 7 rings (SSSR count). The van der Waals surface area contributed by atoms with Crippen LogP contribution in [0.5, 0.6) is 0 Å². The maximum Gasteiger partial charge on any atom is 0.341 e. The van der Waals surface area contributed by atoms with Crippen LogP contribution >= 0.6 is 28.1 Å². The number of anilines is 5. The molecule has 2 saturated heterocycles. The summed E-state index contributed by atoms with van der Waals surface area (Å²) in [6, 6.07) is 50.4. The number of esters is 2. The third-order valence-electron chi connectivity index (χ3n) is 12.7. The van der Waals surface area contributed by atoms with E-state index in [4.69, 9.17) is 26.2 Å². The van der Waals surface area contributed by atoms with Crippen LogP contribution in [0.1, 0.15) is 91.9 Å². The Morgan fingerprint density at radius 3 is 1.57 bits per heavy atom. The maximum atomic E-state index is 15.0. The topological polar surface area (TPSA) is 116 Å². The minimum absolute atomic E-state index is 0.265. The summed E-state index contributed by atoms with van der Waals surface area (Å²) < 4.78 is 40.3. The zero-order valence-corrected chi connectivity index (χ0v) is 47.8. The number of benzene rings is 5. The van der Waals surface area contributed by atoms with Gasteiger partial charge in [0.05, 0.1) is 31.3 Å². The first-order valence-electron chi connectivity index (χ1n) is 27.0. The maximum absolute atomic E-state index is 15.0. The third-order valence-corrected chi connectivity index (χ3v) is 18.2. The standard InChI is InChI=1S/C26H35N2O3P.C23H25N4OPS.C12H20O2/c1-4-6-7-14-19-25(26(29)31-5-2)22(3)32(30)27(23-15-10-8-11-16-23)20-21-28(32)24-17-12-9-13-18-24;30-23(25-20-10-4-1-5-11-20)24-16-19-28-29-26(21-12-6-2-7-13-21)17-18-27(29)22-14-8-3-9-15-22;1-4-7-8-9-10-11(5-2)12(13)14-6-3/h8-13,15-18,25H,3-7,14,19-21H2,1-2H3;1-15H,16-19H2,(H2,24,25,30);2,4,6-10H2,1,3H3. The average molecular weight is 1090 g/mol. The second-order valence-corrected chi connectivity index (χ2v) is 22.8. The first-order valence-corrected chi connectivity index (χ1v) is 30.2. The van der Waals surface area contributed by atoms with E-state index in [1.165, 1.54) is 24.2 Å². The van der Waals surface area contributed by atoms with Crippen molar-refractivity contribution in [3.8, 4) is 0 Å². The van der Waals surface area contributed by atoms with Gasteiger partial charge in [-0.2, -0.15) is 0 Å². The quantitative estimate of drug-likeness (QED) is 0.0144. The van der Waals surface area contributed by atoms with Gasteiger partial charge in [0.2, 0.25) is 8.45 Å². The highest BCUT2D eigenvalue weighted by atomic mass is 32.1. The summed E-state index contributed by atoms with van der Waals surface area (Å²) in [4.78, 5) is 24.3. The van der Waals surface area contributed by atoms with Crippen molar-refractivity contribution in [3.63, 3.8) is 0 Å². The number of nitrogens with one attached hydrogen (secondary N) is 2. The van der Waals surface area contributed by atoms with Gasteiger partial charge in [-0.05, 0) is 106 Å². The van der Waals surface area contributed by atoms with Crippen LogP contribution in [0, 0.1) is 5.92 Å². The van der Waals surface area contributed by atoms with Crippen LogP contribution in [-0.4, -0.2) is 69.6 Å². The van der Waals surface area contributed by atoms with Crippen molar-refractivity contribution in [2.24, 2.45) is 5.92 Å². The van der Waals surface area contributed by atoms with Gasteiger partial charge in [-0.1, -0.05) is 163 Å². The Morgan fingerprint density at radius 1 is 0.645 bits per heavy atom. The molecule has 2 fully saturated rings. The monoisotopic (exact) mass is 1090 g/mol. The number of hydrogen-bond donors (Lipinski definition) is 2. The molecule has 0 saturated carbocycles. The number of carbonyl (C=O) groups excluding carboxylic acids is 2. The van der Waals surface area contributed by atoms with Gasteiger partial charge in [-0.25, -0.2) is 4.79 Å². The third kappa shape index (κ3) is 18.2. The molecular weight excluding hydrogens is 1010 g/mol. The molecule has 0 amide bonds. The molecule has 15 heteroatoms. The summed E-state index contributed by atoms with van der Waals surface area (Å²) in [6.45, 7) is 20.7. The van der Waals surface area contributed by atoms with E-state index in [1.807, 2.05) is 112 Å². The van der Waals surface area contributed by atoms with Crippen LogP contribution < -0.4 is 29.3 Å². The zero-order chi connectivity index (χ0) is 54.4. The van der Waals surface area contributed by atoms with E-state index < -0.39 is 21.8 Å². The van der Waals surface area contributed by atoms with Crippen molar-refractivity contribution >= 4 is 73.6 Å². The van der Waals surface area contributed by atoms with Crippen molar-refractivity contribution in [2.75, 3.05) is 76.5 Å². The van der Waals surface area contributed by atoms with Gasteiger partial charge in [-0.3, -0.25) is 9.36 Å². The number of hydrogen-bond acceptors (Lipinski definition) is 9. The van der Waals surface area contributed by atoms with Crippen molar-refractivity contribution in [2.45, 2.75) is 91.9 Å². The molecule has 0 bridgehead atoms. The lowest BCUT2D eigenvalue weighted by Gasteiger charge is -2.36. The first-order chi connectivity index (χ1) is 37.1. The molecule has 1 unspecified atom stereocenters. The Labute approximate surface area is 460 Å². The SMILES string of the molecule is C=C(C(CCCCCC)C(=O)OCC)P1(=O)N(c2ccccc2)CCN1c1ccccc1.C=C=C(CCCCCC)C(=O)OCC.S=C(NCCOP1N(c2ccccc2)CCN1c1ccccc1)Nc1ccccc1. The summed E-state index contributed by atoms with van der Waals surface area (Å²) in [6.07, 6.45) is 10.1. The van der Waals surface area contributed by atoms with E-state index in [9.17, 15) is 14.2 Å². The fourth-order valence-electron chi connectivity index (χ4n) is 8.80. The molecule has 12 nitrogen and oxygen atoms in total. The summed E-state index contributed by atoms with van der Waals surface area (Å²) in [5, 5.41) is 7.49. The van der Waals surface area contributed by atoms with E-state index in [-0.39, 0.29) is 11.9 Å². The Bertz CT molecular complexity index is 2500. The summed E-state index contributed by atoms with van der Waals surface area (Å²) in [5.41, 5.74) is 8.35. The predicted molar refractivity (Wildman–Crippen MR) is 322 cm³/mol. The van der Waals surface area contributed by atoms with Gasteiger partial charge >= 0.3 is 11.9 Å². The first kappa shape index (κ1) is 60.7. The van der Waals surface area contributed by atoms with Gasteiger partial charge in [0.15, 0.2) is 5.11 Å². The molecule has 2 N–H and O–H groups in total. The zero-order valence-electron chi connectivity index (χ0n) is 45.2. The van der Waals surface area contributed by atoms with Crippen LogP contribution in [0.15, 0.2) is 181 Å². The Hall–Kier alpha value is -6.19. The molecule has 0 aliphatic carbocycles. The minimum Gasteiger partial charge on any atom is -0.466 e. The molecular formula is C61H80N6O6P2S. The fourth-order valence-corrected chi connectivity index (χ4v) is 14.1. The van der Waals surface area contributed by atoms with Gasteiger partial charge in [0.1, 0.15) is 0 Å². The Kier molecular flexibility index (Phi) is 27.0. The van der Waals surface area contributed by atoms with E-state index in [2.05, 4.69) is 101 Å². The van der Waals surface area contributed by atoms with E-state index in [0.29, 0.717) is 61.9 Å². The van der Waals surface area contributed by atoms with Gasteiger partial charge in [0.25, 0.3) is 7.44 Å². The smallest absolute Gasteiger partial charge is 0.341 e. The number of para-hydroxylation sites is 5. The molecule has 76 heavy (non-hydrogen) atoms. The molecule has 406 valence electrons. The van der Waals surface area contributed by atoms with Crippen LogP contribution in [-0.2, 0) is 28.2 Å². The number of nitrogens with zero attached hydrogens (tertiary/aromatic N) is 4. The molecule has 5 aromatic rings. The molecule has 2 heterocycles. The lowest BCUT2D eigenvalue weighted by molar-refractivity contribution is -0.146. The second-order valence-electron chi connectivity index (χ2n) is 18.0. The summed E-state index contributed by atoms with van der Waals surface area (Å²) >= 11 is 5.39. The number of thiocarbonyl (C=S) groups is 1. The highest BCUT2D eigenvalue weighted by Gasteiger charge is 2.49. The lowest BCUT2D eigenvalue weighted by Crippen LogP contribution is -2.31. The summed E-state index contributed by atoms with van der Waals surface area (Å²) in [7, 11) is -4.28. The Balaban J connectivity index is 0.000000227. The van der Waals surface area contributed by atoms with Gasteiger partial charge in [-0.15, -0.1) is 5.73 Å². The van der Waals surface area contributed by atoms with Crippen molar-refractivity contribution < 1.29 is 28.2 Å². The molecule has 0 radical (unpaired) electrons. The predicted octanol–water partition coefficient (Wildman–Crippen LogP) is 15.3. The van der Waals surface area contributed by atoms with E-state index in [1.54, 1.807) is 13.8 Å². The lowest BCUT2D eigenvalue weighted by atomic mass is 10.0. The average Bonchev–Trinajstić information content (AvgIpc) is 4.08. The Morgan fingerprint density at radius 2 is 1.11 bits per heavy atom. The number of rotatable bonds is 25. The van der Waals surface area contributed by atoms with Crippen molar-refractivity contribution in [1.82, 2.24) is 5.32 Å². The van der Waals surface area contributed by atoms with Crippen LogP contribution in [0.25, 0.3) is 0 Å². The highest BCUT2D eigenvalue weighted by Crippen LogP contribution is 2.67. The van der Waals surface area contributed by atoms with E-state index >= 15 is 0 Å². The van der Waals surface area contributed by atoms with Crippen molar-refractivity contribution in [1.29, 1.82) is 0 Å². The molecule has 1 atom stereocenters. The van der Waals surface area contributed by atoms with Gasteiger partial charge in [0, 0.05) is 66.5 Å². The fraction of sp³-hybridized carbons (Fsp3) is 0.377. The van der Waals surface area contributed by atoms with Gasteiger partial charge < -0.3 is 43.3 Å². The largest absolute Gasteiger partial charge is 0.466 e. The second kappa shape index (κ2) is 33.8. The van der Waals surface area contributed by atoms with Crippen LogP contribution in [0.2, 0.25) is 0 Å². The molecule has 0 spiro atoms. The van der Waals surface area contributed by atoms with Crippen molar-refractivity contribution in [3.05, 3.63) is 181 Å². The molecule has 0 aromatic heterocycles. The van der Waals surface area contributed by atoms with Crippen LogP contribution in [0.3, 0.4) is 0 Å². The molecule has 2 aliphatic heterocycles. The van der Waals surface area contributed by atoms with E-state index in [0.717, 1.165) is 75.1 Å². The molecule has 5 aromatic carbocycles.